The summed E-state index contributed by atoms with van der Waals surface area (Å²) < 4.78 is 0. The number of nitrogens with two attached hydrogens (primary N) is 1. The molecule has 1 aliphatic heterocycles. The molecule has 5 nitrogen and oxygen atoms in total. The summed E-state index contributed by atoms with van der Waals surface area (Å²) in [5.41, 5.74) is 7.91. The molecule has 1 aromatic carbocycles. The quantitative estimate of drug-likeness (QED) is 0.772. The summed E-state index contributed by atoms with van der Waals surface area (Å²) in [6, 6.07) is 8.21. The van der Waals surface area contributed by atoms with Gasteiger partial charge in [-0.3, -0.25) is 9.59 Å². The minimum Gasteiger partial charge on any atom is -0.352 e. The Hall–Kier alpha value is -1.59. The van der Waals surface area contributed by atoms with Gasteiger partial charge in [0.25, 0.3) is 0 Å². The number of carbonyl (C=O) groups excluding carboxylic acids is 2. The van der Waals surface area contributed by atoms with Crippen molar-refractivity contribution >= 4 is 29.9 Å². The van der Waals surface area contributed by atoms with E-state index in [1.165, 1.54) is 5.56 Å². The average molecular weight is 380 g/mol. The van der Waals surface area contributed by atoms with Crippen molar-refractivity contribution in [1.29, 1.82) is 0 Å². The van der Waals surface area contributed by atoms with Crippen molar-refractivity contribution in [1.82, 2.24) is 5.32 Å². The summed E-state index contributed by atoms with van der Waals surface area (Å²) >= 11 is 0. The molecule has 1 heterocycles. The maximum Gasteiger partial charge on any atom is 0.239 e. The standard InChI is InChI=1S/C20H29N3O2.ClH/c1-13(2)14-6-8-16(9-7-14)23-11-10-17(20(23)25)19(24)22-18-5-3-4-15(18)12-21;/h6-9,13,15,17-18H,3-5,10-12,21H2,1-2H3,(H,22,24);1H. The van der Waals surface area contributed by atoms with Gasteiger partial charge in [0.1, 0.15) is 5.92 Å². The Bertz CT molecular complexity index is 632. The van der Waals surface area contributed by atoms with Crippen molar-refractivity contribution in [3.05, 3.63) is 29.8 Å². The van der Waals surface area contributed by atoms with Crippen LogP contribution in [0.3, 0.4) is 0 Å². The van der Waals surface area contributed by atoms with Crippen molar-refractivity contribution < 1.29 is 9.59 Å². The Labute approximate surface area is 162 Å². The van der Waals surface area contributed by atoms with Crippen LogP contribution in [-0.4, -0.2) is 30.9 Å². The largest absolute Gasteiger partial charge is 0.352 e. The van der Waals surface area contributed by atoms with E-state index < -0.39 is 5.92 Å². The lowest BCUT2D eigenvalue weighted by atomic mass is 10.0. The summed E-state index contributed by atoms with van der Waals surface area (Å²) in [5, 5.41) is 3.08. The van der Waals surface area contributed by atoms with Gasteiger partial charge in [0, 0.05) is 18.3 Å². The highest BCUT2D eigenvalue weighted by molar-refractivity contribution is 6.09. The first kappa shape index (κ1) is 20.7. The van der Waals surface area contributed by atoms with Crippen molar-refractivity contribution in [2.45, 2.75) is 51.5 Å². The molecule has 2 fully saturated rings. The fraction of sp³-hybridized carbons (Fsp3) is 0.600. The smallest absolute Gasteiger partial charge is 0.239 e. The molecular weight excluding hydrogens is 350 g/mol. The van der Waals surface area contributed by atoms with Crippen LogP contribution in [-0.2, 0) is 9.59 Å². The van der Waals surface area contributed by atoms with E-state index in [-0.39, 0.29) is 30.3 Å². The van der Waals surface area contributed by atoms with Crippen LogP contribution in [0.5, 0.6) is 0 Å². The summed E-state index contributed by atoms with van der Waals surface area (Å²) in [7, 11) is 0. The Morgan fingerprint density at radius 1 is 1.23 bits per heavy atom. The lowest BCUT2D eigenvalue weighted by molar-refractivity contribution is -0.132. The van der Waals surface area contributed by atoms with E-state index in [0.717, 1.165) is 24.9 Å². The highest BCUT2D eigenvalue weighted by Crippen LogP contribution is 2.29. The van der Waals surface area contributed by atoms with Gasteiger partial charge in [0.2, 0.25) is 11.8 Å². The predicted molar refractivity (Wildman–Crippen MR) is 107 cm³/mol. The zero-order valence-corrected chi connectivity index (χ0v) is 16.4. The fourth-order valence-corrected chi connectivity index (χ4v) is 4.01. The molecule has 1 aliphatic carbocycles. The van der Waals surface area contributed by atoms with Crippen molar-refractivity contribution in [2.24, 2.45) is 17.6 Å². The van der Waals surface area contributed by atoms with Crippen LogP contribution in [0, 0.1) is 11.8 Å². The Morgan fingerprint density at radius 2 is 1.92 bits per heavy atom. The van der Waals surface area contributed by atoms with E-state index >= 15 is 0 Å². The normalized spacial score (nSPS) is 25.5. The van der Waals surface area contributed by atoms with Gasteiger partial charge >= 0.3 is 0 Å². The molecule has 1 saturated carbocycles. The third kappa shape index (κ3) is 4.21. The van der Waals surface area contributed by atoms with E-state index in [1.807, 2.05) is 12.1 Å². The number of amides is 2. The van der Waals surface area contributed by atoms with E-state index in [2.05, 4.69) is 31.3 Å². The topological polar surface area (TPSA) is 75.4 Å². The molecule has 3 rings (SSSR count). The molecule has 0 spiro atoms. The van der Waals surface area contributed by atoms with E-state index in [0.29, 0.717) is 31.3 Å². The molecule has 1 saturated heterocycles. The third-order valence-electron chi connectivity index (χ3n) is 5.68. The first-order valence-electron chi connectivity index (χ1n) is 9.43. The Balaban J connectivity index is 0.00000243. The number of rotatable bonds is 5. The van der Waals surface area contributed by atoms with Gasteiger partial charge in [-0.25, -0.2) is 0 Å². The minimum atomic E-state index is -0.566. The predicted octanol–water partition coefficient (Wildman–Crippen LogP) is 2.83. The lowest BCUT2D eigenvalue weighted by Crippen LogP contribution is -2.44. The number of halogens is 1. The minimum absolute atomic E-state index is 0. The van der Waals surface area contributed by atoms with Crippen molar-refractivity contribution in [2.75, 3.05) is 18.0 Å². The monoisotopic (exact) mass is 379 g/mol. The third-order valence-corrected chi connectivity index (χ3v) is 5.68. The Kier molecular flexibility index (Phi) is 7.07. The maximum absolute atomic E-state index is 12.7. The first-order valence-corrected chi connectivity index (χ1v) is 9.43. The molecule has 0 bridgehead atoms. The second-order valence-corrected chi connectivity index (χ2v) is 7.62. The zero-order valence-electron chi connectivity index (χ0n) is 15.6. The van der Waals surface area contributed by atoms with E-state index in [1.54, 1.807) is 4.90 Å². The Morgan fingerprint density at radius 3 is 2.54 bits per heavy atom. The first-order chi connectivity index (χ1) is 12.0. The van der Waals surface area contributed by atoms with Gasteiger partial charge in [-0.15, -0.1) is 12.4 Å². The maximum atomic E-state index is 12.7. The van der Waals surface area contributed by atoms with Gasteiger partial charge in [0.05, 0.1) is 0 Å². The summed E-state index contributed by atoms with van der Waals surface area (Å²) in [6.07, 6.45) is 3.71. The molecule has 0 radical (unpaired) electrons. The molecule has 3 atom stereocenters. The molecule has 26 heavy (non-hydrogen) atoms. The van der Waals surface area contributed by atoms with Crippen LogP contribution in [0.1, 0.15) is 51.0 Å². The highest BCUT2D eigenvalue weighted by atomic mass is 35.5. The number of carbonyl (C=O) groups is 2. The molecule has 6 heteroatoms. The van der Waals surface area contributed by atoms with Gasteiger partial charge in [-0.2, -0.15) is 0 Å². The number of hydrogen-bond donors (Lipinski definition) is 2. The second-order valence-electron chi connectivity index (χ2n) is 7.62. The van der Waals surface area contributed by atoms with Crippen molar-refractivity contribution in [3.8, 4) is 0 Å². The van der Waals surface area contributed by atoms with Crippen LogP contribution in [0.25, 0.3) is 0 Å². The second kappa shape index (κ2) is 8.87. The number of hydrogen-bond acceptors (Lipinski definition) is 3. The van der Waals surface area contributed by atoms with Gasteiger partial charge in [-0.1, -0.05) is 32.4 Å². The highest BCUT2D eigenvalue weighted by Gasteiger charge is 2.39. The summed E-state index contributed by atoms with van der Waals surface area (Å²) in [6.45, 7) is 5.49. The van der Waals surface area contributed by atoms with Crippen LogP contribution in [0.2, 0.25) is 0 Å². The molecule has 1 aromatic rings. The summed E-state index contributed by atoms with van der Waals surface area (Å²) in [4.78, 5) is 27.1. The molecule has 3 unspecified atom stereocenters. The average Bonchev–Trinajstić information content (AvgIpc) is 3.21. The molecular formula is C20H30ClN3O2. The molecule has 2 aliphatic rings. The number of benzene rings is 1. The summed E-state index contributed by atoms with van der Waals surface area (Å²) in [5.74, 6) is 0.0291. The molecule has 3 N–H and O–H groups in total. The number of nitrogens with zero attached hydrogens (tertiary/aromatic N) is 1. The van der Waals surface area contributed by atoms with Crippen LogP contribution < -0.4 is 16.0 Å². The van der Waals surface area contributed by atoms with E-state index in [9.17, 15) is 9.59 Å². The van der Waals surface area contributed by atoms with Crippen LogP contribution in [0.15, 0.2) is 24.3 Å². The molecule has 0 aromatic heterocycles. The van der Waals surface area contributed by atoms with Crippen LogP contribution >= 0.6 is 12.4 Å². The number of nitrogens with one attached hydrogen (secondary N) is 1. The van der Waals surface area contributed by atoms with E-state index in [4.69, 9.17) is 5.73 Å². The van der Waals surface area contributed by atoms with Gasteiger partial charge < -0.3 is 16.0 Å². The fourth-order valence-electron chi connectivity index (χ4n) is 4.01. The molecule has 144 valence electrons. The van der Waals surface area contributed by atoms with Crippen LogP contribution in [0.4, 0.5) is 5.69 Å². The number of anilines is 1. The van der Waals surface area contributed by atoms with Crippen molar-refractivity contribution in [3.63, 3.8) is 0 Å². The molecule has 2 amide bonds. The van der Waals surface area contributed by atoms with Gasteiger partial charge in [-0.05, 0) is 55.3 Å². The zero-order chi connectivity index (χ0) is 18.0. The van der Waals surface area contributed by atoms with Gasteiger partial charge in [0.15, 0.2) is 0 Å². The lowest BCUT2D eigenvalue weighted by Gasteiger charge is -2.22. The SMILES string of the molecule is CC(C)c1ccc(N2CCC(C(=O)NC3CCCC3CN)C2=O)cc1.Cl.